The van der Waals surface area contributed by atoms with Crippen LogP contribution in [0.4, 0.5) is 0 Å². The molecule has 1 rings (SSSR count). The number of carboxylic acid groups (broad SMARTS) is 1. The zero-order chi connectivity index (χ0) is 12.3. The zero-order valence-corrected chi connectivity index (χ0v) is 10.6. The Bertz CT molecular complexity index is 363. The van der Waals surface area contributed by atoms with Gasteiger partial charge in [-0.15, -0.1) is 0 Å². The van der Waals surface area contributed by atoms with Gasteiger partial charge in [0.1, 0.15) is 0 Å². The molecule has 0 fully saturated rings. The van der Waals surface area contributed by atoms with Crippen LogP contribution < -0.4 is 0 Å². The SMILES string of the molecule is CC(C)(C)C(Cc1ccc(Cl)cc1)C(=O)O. The fourth-order valence-electron chi connectivity index (χ4n) is 1.62. The summed E-state index contributed by atoms with van der Waals surface area (Å²) >= 11 is 5.78. The van der Waals surface area contributed by atoms with Gasteiger partial charge < -0.3 is 5.11 Å². The molecule has 16 heavy (non-hydrogen) atoms. The highest BCUT2D eigenvalue weighted by molar-refractivity contribution is 6.30. The Morgan fingerprint density at radius 2 is 1.81 bits per heavy atom. The second-order valence-corrected chi connectivity index (χ2v) is 5.52. The quantitative estimate of drug-likeness (QED) is 0.876. The van der Waals surface area contributed by atoms with Crippen LogP contribution in [0.5, 0.6) is 0 Å². The van der Waals surface area contributed by atoms with E-state index in [1.807, 2.05) is 32.9 Å². The third kappa shape index (κ3) is 3.53. The molecule has 0 radical (unpaired) electrons. The molecule has 2 nitrogen and oxygen atoms in total. The summed E-state index contributed by atoms with van der Waals surface area (Å²) in [6, 6.07) is 7.34. The summed E-state index contributed by atoms with van der Waals surface area (Å²) in [5, 5.41) is 9.87. The van der Waals surface area contributed by atoms with Crippen molar-refractivity contribution in [3.05, 3.63) is 34.9 Å². The Morgan fingerprint density at radius 3 is 2.19 bits per heavy atom. The highest BCUT2D eigenvalue weighted by Crippen LogP contribution is 2.29. The highest BCUT2D eigenvalue weighted by Gasteiger charge is 2.30. The van der Waals surface area contributed by atoms with E-state index in [4.69, 9.17) is 11.6 Å². The van der Waals surface area contributed by atoms with E-state index in [9.17, 15) is 9.90 Å². The van der Waals surface area contributed by atoms with Gasteiger partial charge in [0.25, 0.3) is 0 Å². The molecule has 0 spiro atoms. The molecule has 0 heterocycles. The normalized spacial score (nSPS) is 13.5. The predicted molar refractivity (Wildman–Crippen MR) is 65.7 cm³/mol. The molecule has 0 saturated carbocycles. The number of rotatable bonds is 3. The molecule has 1 aromatic carbocycles. The van der Waals surface area contributed by atoms with Gasteiger partial charge in [0.05, 0.1) is 5.92 Å². The maximum absolute atomic E-state index is 11.2. The molecule has 88 valence electrons. The molecule has 0 saturated heterocycles. The van der Waals surface area contributed by atoms with Gasteiger partial charge in [-0.05, 0) is 29.5 Å². The van der Waals surface area contributed by atoms with Crippen LogP contribution in [0.25, 0.3) is 0 Å². The van der Waals surface area contributed by atoms with Gasteiger partial charge in [-0.1, -0.05) is 44.5 Å². The Balaban J connectivity index is 2.84. The largest absolute Gasteiger partial charge is 0.481 e. The van der Waals surface area contributed by atoms with Crippen molar-refractivity contribution in [3.8, 4) is 0 Å². The van der Waals surface area contributed by atoms with Crippen molar-refractivity contribution in [2.45, 2.75) is 27.2 Å². The molecule has 0 aliphatic heterocycles. The zero-order valence-electron chi connectivity index (χ0n) is 9.83. The highest BCUT2D eigenvalue weighted by atomic mass is 35.5. The molecule has 1 atom stereocenters. The number of hydrogen-bond donors (Lipinski definition) is 1. The lowest BCUT2D eigenvalue weighted by Gasteiger charge is -2.27. The first-order valence-corrected chi connectivity index (χ1v) is 5.66. The van der Waals surface area contributed by atoms with Crippen LogP contribution in [-0.2, 0) is 11.2 Å². The Morgan fingerprint density at radius 1 is 1.31 bits per heavy atom. The summed E-state index contributed by atoms with van der Waals surface area (Å²) in [7, 11) is 0. The minimum absolute atomic E-state index is 0.245. The minimum Gasteiger partial charge on any atom is -0.481 e. The average Bonchev–Trinajstić information content (AvgIpc) is 2.14. The Hall–Kier alpha value is -1.02. The van der Waals surface area contributed by atoms with E-state index in [1.54, 1.807) is 12.1 Å². The third-order valence-electron chi connectivity index (χ3n) is 2.70. The van der Waals surface area contributed by atoms with Crippen molar-refractivity contribution in [1.29, 1.82) is 0 Å². The second-order valence-electron chi connectivity index (χ2n) is 5.09. The van der Waals surface area contributed by atoms with Crippen molar-refractivity contribution in [3.63, 3.8) is 0 Å². The molecule has 1 N–H and O–H groups in total. The second kappa shape index (κ2) is 4.88. The summed E-state index contributed by atoms with van der Waals surface area (Å²) in [6.45, 7) is 5.84. The van der Waals surface area contributed by atoms with E-state index in [0.717, 1.165) is 5.56 Å². The van der Waals surface area contributed by atoms with E-state index in [1.165, 1.54) is 0 Å². The summed E-state index contributed by atoms with van der Waals surface area (Å²) in [4.78, 5) is 11.2. The molecule has 0 aliphatic rings. The molecule has 0 bridgehead atoms. The van der Waals surface area contributed by atoms with Gasteiger partial charge in [0.15, 0.2) is 0 Å². The average molecular weight is 241 g/mol. The summed E-state index contributed by atoms with van der Waals surface area (Å²) in [5.41, 5.74) is 0.762. The van der Waals surface area contributed by atoms with E-state index >= 15 is 0 Å². The first-order valence-electron chi connectivity index (χ1n) is 5.28. The van der Waals surface area contributed by atoms with Crippen molar-refractivity contribution in [2.24, 2.45) is 11.3 Å². The van der Waals surface area contributed by atoms with E-state index in [0.29, 0.717) is 11.4 Å². The van der Waals surface area contributed by atoms with Crippen LogP contribution in [0.1, 0.15) is 26.3 Å². The first kappa shape index (κ1) is 13.0. The topological polar surface area (TPSA) is 37.3 Å². The van der Waals surface area contributed by atoms with Crippen molar-refractivity contribution >= 4 is 17.6 Å². The lowest BCUT2D eigenvalue weighted by molar-refractivity contribution is -0.145. The number of halogens is 1. The smallest absolute Gasteiger partial charge is 0.307 e. The van der Waals surface area contributed by atoms with Gasteiger partial charge in [0, 0.05) is 5.02 Å². The molecule has 0 aromatic heterocycles. The molecular weight excluding hydrogens is 224 g/mol. The molecule has 1 unspecified atom stereocenters. The summed E-state index contributed by atoms with van der Waals surface area (Å²) in [5.74, 6) is -1.13. The molecular formula is C13H17ClO2. The number of carboxylic acids is 1. The first-order chi connectivity index (χ1) is 7.30. The van der Waals surface area contributed by atoms with Crippen molar-refractivity contribution in [1.82, 2.24) is 0 Å². The van der Waals surface area contributed by atoms with Gasteiger partial charge >= 0.3 is 5.97 Å². The Labute approximate surface area is 101 Å². The fourth-order valence-corrected chi connectivity index (χ4v) is 1.75. The van der Waals surface area contributed by atoms with Crippen LogP contribution in [-0.4, -0.2) is 11.1 Å². The van der Waals surface area contributed by atoms with Crippen molar-refractivity contribution in [2.75, 3.05) is 0 Å². The molecule has 1 aromatic rings. The number of benzene rings is 1. The van der Waals surface area contributed by atoms with Crippen LogP contribution in [0.2, 0.25) is 5.02 Å². The van der Waals surface area contributed by atoms with Crippen LogP contribution in [0.15, 0.2) is 24.3 Å². The summed E-state index contributed by atoms with van der Waals surface area (Å²) < 4.78 is 0. The number of hydrogen-bond acceptors (Lipinski definition) is 1. The lowest BCUT2D eigenvalue weighted by Crippen LogP contribution is -2.30. The monoisotopic (exact) mass is 240 g/mol. The number of aliphatic carboxylic acids is 1. The van der Waals surface area contributed by atoms with Gasteiger partial charge in [0.2, 0.25) is 0 Å². The van der Waals surface area contributed by atoms with Crippen molar-refractivity contribution < 1.29 is 9.90 Å². The van der Waals surface area contributed by atoms with Gasteiger partial charge in [-0.3, -0.25) is 4.79 Å². The fraction of sp³-hybridized carbons (Fsp3) is 0.462. The molecule has 0 amide bonds. The summed E-state index contributed by atoms with van der Waals surface area (Å²) in [6.07, 6.45) is 0.538. The predicted octanol–water partition coefficient (Wildman–Crippen LogP) is 3.63. The van der Waals surface area contributed by atoms with Crippen LogP contribution >= 0.6 is 11.6 Å². The van der Waals surface area contributed by atoms with Crippen LogP contribution in [0.3, 0.4) is 0 Å². The molecule has 3 heteroatoms. The third-order valence-corrected chi connectivity index (χ3v) is 2.95. The molecule has 0 aliphatic carbocycles. The lowest BCUT2D eigenvalue weighted by atomic mass is 9.77. The van der Waals surface area contributed by atoms with Crippen LogP contribution in [0, 0.1) is 11.3 Å². The van der Waals surface area contributed by atoms with Gasteiger partial charge in [-0.2, -0.15) is 0 Å². The maximum atomic E-state index is 11.2. The van der Waals surface area contributed by atoms with E-state index < -0.39 is 5.97 Å². The Kier molecular flexibility index (Phi) is 3.98. The minimum atomic E-state index is -0.748. The standard InChI is InChI=1S/C13H17ClO2/c1-13(2,3)11(12(15)16)8-9-4-6-10(14)7-5-9/h4-7,11H,8H2,1-3H3,(H,15,16). The number of carbonyl (C=O) groups is 1. The van der Waals surface area contributed by atoms with E-state index in [2.05, 4.69) is 0 Å². The maximum Gasteiger partial charge on any atom is 0.307 e. The van der Waals surface area contributed by atoms with Gasteiger partial charge in [-0.25, -0.2) is 0 Å². The van der Waals surface area contributed by atoms with E-state index in [-0.39, 0.29) is 11.3 Å².